The molecule has 0 aliphatic rings. The third-order valence-electron chi connectivity index (χ3n) is 5.28. The molecule has 9 nitrogen and oxygen atoms in total. The van der Waals surface area contributed by atoms with Crippen molar-refractivity contribution in [1.82, 2.24) is 16.1 Å². The molecule has 0 aliphatic heterocycles. The van der Waals surface area contributed by atoms with Gasteiger partial charge in [-0.25, -0.2) is 18.7 Å². The normalized spacial score (nSPS) is 12.9. The first-order valence-electron chi connectivity index (χ1n) is 11.0. The van der Waals surface area contributed by atoms with E-state index in [9.17, 15) is 18.0 Å². The number of sulfone groups is 1. The van der Waals surface area contributed by atoms with Crippen LogP contribution in [0.2, 0.25) is 0 Å². The molecule has 35 heavy (non-hydrogen) atoms. The molecular weight excluding hydrogens is 488 g/mol. The topological polar surface area (TPSA) is 137 Å². The molecule has 0 saturated heterocycles. The lowest BCUT2D eigenvalue weighted by Gasteiger charge is -2.18. The lowest BCUT2D eigenvalue weighted by molar-refractivity contribution is -0.130. The number of carbonyl (C=O) groups excluding carboxylic acids is 2. The number of thiophene rings is 1. The van der Waals surface area contributed by atoms with Crippen LogP contribution < -0.4 is 21.4 Å². The SMILES string of the molecule is C[C@@H](NC(=O)NCCC[C@@H](Nc1cc(S(=O)(=O)c2ccccc2)cs1)C(=O)NO)c1ccccc1. The van der Waals surface area contributed by atoms with Gasteiger partial charge in [0.1, 0.15) is 6.04 Å². The van der Waals surface area contributed by atoms with Crippen LogP contribution in [-0.2, 0) is 14.6 Å². The van der Waals surface area contributed by atoms with E-state index in [0.29, 0.717) is 24.4 Å². The highest BCUT2D eigenvalue weighted by molar-refractivity contribution is 7.91. The third-order valence-corrected chi connectivity index (χ3v) is 8.04. The van der Waals surface area contributed by atoms with E-state index in [1.54, 1.807) is 23.7 Å². The zero-order valence-electron chi connectivity index (χ0n) is 19.1. The lowest BCUT2D eigenvalue weighted by Crippen LogP contribution is -2.40. The molecule has 3 aromatic rings. The van der Waals surface area contributed by atoms with Gasteiger partial charge in [-0.2, -0.15) is 0 Å². The van der Waals surface area contributed by atoms with E-state index in [0.717, 1.165) is 16.9 Å². The number of hydrogen-bond acceptors (Lipinski definition) is 7. The Labute approximate surface area is 208 Å². The maximum absolute atomic E-state index is 12.8. The van der Waals surface area contributed by atoms with Crippen LogP contribution in [0.15, 0.2) is 81.9 Å². The van der Waals surface area contributed by atoms with E-state index in [4.69, 9.17) is 5.21 Å². The highest BCUT2D eigenvalue weighted by Gasteiger charge is 2.22. The smallest absolute Gasteiger partial charge is 0.315 e. The van der Waals surface area contributed by atoms with Crippen LogP contribution in [0.3, 0.4) is 0 Å². The summed E-state index contributed by atoms with van der Waals surface area (Å²) in [5.41, 5.74) is 2.61. The number of amides is 3. The van der Waals surface area contributed by atoms with Gasteiger partial charge in [0.15, 0.2) is 0 Å². The summed E-state index contributed by atoms with van der Waals surface area (Å²) >= 11 is 1.14. The highest BCUT2D eigenvalue weighted by atomic mass is 32.2. The molecule has 0 aliphatic carbocycles. The van der Waals surface area contributed by atoms with E-state index in [-0.39, 0.29) is 21.9 Å². The van der Waals surface area contributed by atoms with Gasteiger partial charge in [-0.3, -0.25) is 10.0 Å². The summed E-state index contributed by atoms with van der Waals surface area (Å²) in [6.07, 6.45) is 0.734. The number of hydrogen-bond donors (Lipinski definition) is 5. The fourth-order valence-corrected chi connectivity index (χ4v) is 5.87. The van der Waals surface area contributed by atoms with Gasteiger partial charge in [-0.05, 0) is 43.5 Å². The van der Waals surface area contributed by atoms with Crippen molar-refractivity contribution in [2.45, 2.75) is 41.6 Å². The number of urea groups is 1. The van der Waals surface area contributed by atoms with E-state index in [1.807, 2.05) is 37.3 Å². The number of anilines is 1. The van der Waals surface area contributed by atoms with Crippen molar-refractivity contribution in [3.8, 4) is 0 Å². The van der Waals surface area contributed by atoms with Crippen LogP contribution in [0, 0.1) is 0 Å². The van der Waals surface area contributed by atoms with Gasteiger partial charge in [0.25, 0.3) is 5.91 Å². The molecule has 1 aromatic heterocycles. The zero-order chi connectivity index (χ0) is 25.3. The van der Waals surface area contributed by atoms with Crippen LogP contribution in [0.5, 0.6) is 0 Å². The highest BCUT2D eigenvalue weighted by Crippen LogP contribution is 2.29. The summed E-state index contributed by atoms with van der Waals surface area (Å²) in [6.45, 7) is 2.19. The van der Waals surface area contributed by atoms with Gasteiger partial charge >= 0.3 is 6.03 Å². The van der Waals surface area contributed by atoms with Crippen LogP contribution in [0.1, 0.15) is 31.4 Å². The minimum atomic E-state index is -3.67. The van der Waals surface area contributed by atoms with E-state index >= 15 is 0 Å². The van der Waals surface area contributed by atoms with Crippen molar-refractivity contribution in [3.05, 3.63) is 77.7 Å². The molecule has 0 unspecified atom stereocenters. The summed E-state index contributed by atoms with van der Waals surface area (Å²) in [6, 6.07) is 17.8. The van der Waals surface area contributed by atoms with Crippen LogP contribution in [0.4, 0.5) is 9.80 Å². The van der Waals surface area contributed by atoms with Crippen molar-refractivity contribution in [2.24, 2.45) is 0 Å². The maximum atomic E-state index is 12.8. The van der Waals surface area contributed by atoms with E-state index in [1.165, 1.54) is 23.6 Å². The predicted molar refractivity (Wildman–Crippen MR) is 134 cm³/mol. The molecule has 1 heterocycles. The van der Waals surface area contributed by atoms with Crippen molar-refractivity contribution in [2.75, 3.05) is 11.9 Å². The second-order valence-corrected chi connectivity index (χ2v) is 10.7. The van der Waals surface area contributed by atoms with Crippen LogP contribution in [-0.4, -0.2) is 38.1 Å². The van der Waals surface area contributed by atoms with Gasteiger partial charge in [0.2, 0.25) is 9.84 Å². The van der Waals surface area contributed by atoms with Gasteiger partial charge in [-0.1, -0.05) is 48.5 Å². The second-order valence-electron chi connectivity index (χ2n) is 7.81. The fourth-order valence-electron chi connectivity index (χ4n) is 3.37. The van der Waals surface area contributed by atoms with E-state index in [2.05, 4.69) is 16.0 Å². The average molecular weight is 517 g/mol. The van der Waals surface area contributed by atoms with Gasteiger partial charge < -0.3 is 16.0 Å². The van der Waals surface area contributed by atoms with E-state index < -0.39 is 21.8 Å². The van der Waals surface area contributed by atoms with Crippen LogP contribution in [0.25, 0.3) is 0 Å². The molecule has 5 N–H and O–H groups in total. The first-order chi connectivity index (χ1) is 16.8. The minimum absolute atomic E-state index is 0.116. The first kappa shape index (κ1) is 26.2. The summed E-state index contributed by atoms with van der Waals surface area (Å²) in [5.74, 6) is -0.659. The second kappa shape index (κ2) is 12.3. The molecule has 186 valence electrons. The first-order valence-corrected chi connectivity index (χ1v) is 13.4. The monoisotopic (exact) mass is 516 g/mol. The standard InChI is InChI=1S/C24H28N4O5S2/c1-17(18-9-4-2-5-10-18)26-24(30)25-14-8-13-21(23(29)28-31)27-22-15-20(16-34-22)35(32,33)19-11-6-3-7-12-19/h2-7,9-12,15-17,21,27,31H,8,13-14H2,1H3,(H,28,29)(H2,25,26,30)/t17-,21-/m1/s1. The Bertz CT molecular complexity index is 1220. The molecule has 0 saturated carbocycles. The predicted octanol–water partition coefficient (Wildman–Crippen LogP) is 3.71. The number of carbonyl (C=O) groups is 2. The number of benzene rings is 2. The Morgan fingerprint density at radius 1 is 1.00 bits per heavy atom. The summed E-state index contributed by atoms with van der Waals surface area (Å²) in [4.78, 5) is 24.6. The lowest BCUT2D eigenvalue weighted by atomic mass is 10.1. The fraction of sp³-hybridized carbons (Fsp3) is 0.250. The molecule has 11 heteroatoms. The van der Waals surface area contributed by atoms with Gasteiger partial charge in [0.05, 0.1) is 20.8 Å². The number of rotatable bonds is 11. The number of nitrogens with one attached hydrogen (secondary N) is 4. The van der Waals surface area contributed by atoms with Crippen molar-refractivity contribution in [1.29, 1.82) is 0 Å². The minimum Gasteiger partial charge on any atom is -0.365 e. The summed E-state index contributed by atoms with van der Waals surface area (Å²) in [7, 11) is -3.67. The molecule has 2 aromatic carbocycles. The Kier molecular flexibility index (Phi) is 9.24. The molecule has 2 atom stereocenters. The zero-order valence-corrected chi connectivity index (χ0v) is 20.7. The molecule has 0 radical (unpaired) electrons. The van der Waals surface area contributed by atoms with Crippen molar-refractivity contribution >= 4 is 38.1 Å². The quantitative estimate of drug-likeness (QED) is 0.150. The maximum Gasteiger partial charge on any atom is 0.315 e. The largest absolute Gasteiger partial charge is 0.365 e. The average Bonchev–Trinajstić information content (AvgIpc) is 3.36. The molecule has 0 fully saturated rings. The van der Waals surface area contributed by atoms with Gasteiger partial charge in [-0.15, -0.1) is 11.3 Å². The Hall–Kier alpha value is -3.41. The molecule has 0 bridgehead atoms. The Balaban J connectivity index is 1.52. The third kappa shape index (κ3) is 7.28. The molecular formula is C24H28N4O5S2. The Morgan fingerprint density at radius 2 is 1.66 bits per heavy atom. The number of hydroxylamine groups is 1. The van der Waals surface area contributed by atoms with Crippen LogP contribution >= 0.6 is 11.3 Å². The Morgan fingerprint density at radius 3 is 2.31 bits per heavy atom. The summed E-state index contributed by atoms with van der Waals surface area (Å²) < 4.78 is 25.6. The van der Waals surface area contributed by atoms with Crippen molar-refractivity contribution < 1.29 is 23.2 Å². The molecule has 3 amide bonds. The van der Waals surface area contributed by atoms with Gasteiger partial charge in [0, 0.05) is 11.9 Å². The van der Waals surface area contributed by atoms with Crippen molar-refractivity contribution in [3.63, 3.8) is 0 Å². The molecule has 3 rings (SSSR count). The summed E-state index contributed by atoms with van der Waals surface area (Å²) in [5, 5.41) is 19.6. The molecule has 0 spiro atoms.